The van der Waals surface area contributed by atoms with Crippen LogP contribution in [0.4, 0.5) is 0 Å². The molecule has 6 heavy (non-hydrogen) atoms. The van der Waals surface area contributed by atoms with Crippen LogP contribution in [0.5, 0.6) is 0 Å². The number of rotatable bonds is 0. The zero-order valence-electron chi connectivity index (χ0n) is 3.07. The third-order valence-corrected chi connectivity index (χ3v) is 1.01. The molecular weight excluding hydrogens is 168 g/mol. The summed E-state index contributed by atoms with van der Waals surface area (Å²) in [5.41, 5.74) is 0. The van der Waals surface area contributed by atoms with Gasteiger partial charge in [-0.15, -0.1) is 0 Å². The van der Waals surface area contributed by atoms with Crippen molar-refractivity contribution in [3.63, 3.8) is 0 Å². The molecule has 0 aliphatic heterocycles. The number of hydrogen-bond acceptors (Lipinski definition) is 0. The molecule has 0 fully saturated rings. The van der Waals surface area contributed by atoms with Gasteiger partial charge in [0.05, 0.1) is 0 Å². The average Bonchev–Trinajstić information content (AvgIpc) is 1.86. The van der Waals surface area contributed by atoms with Gasteiger partial charge in [-0.05, 0) is 0 Å². The standard InChI is InChI=1S/C4H4N.Pd/c1-2-4-5-3-1;/h1-4H;/q-1;+1. The maximum absolute atomic E-state index is 2.96. The van der Waals surface area contributed by atoms with Gasteiger partial charge in [-0.3, -0.25) is 0 Å². The van der Waals surface area contributed by atoms with Crippen LogP contribution in [0.2, 0.25) is 0 Å². The van der Waals surface area contributed by atoms with E-state index in [4.69, 9.17) is 0 Å². The Hall–Kier alpha value is -0.0577. The molecule has 0 unspecified atom stereocenters. The van der Waals surface area contributed by atoms with Gasteiger partial charge < -0.3 is 0 Å². The molecule has 0 bridgehead atoms. The first-order valence-electron chi connectivity index (χ1n) is 1.66. The predicted octanol–water partition coefficient (Wildman–Crippen LogP) is 0.798. The topological polar surface area (TPSA) is 4.93 Å². The van der Waals surface area contributed by atoms with Crippen molar-refractivity contribution in [2.75, 3.05) is 0 Å². The quantitative estimate of drug-likeness (QED) is 0.510. The van der Waals surface area contributed by atoms with Crippen molar-refractivity contribution < 1.29 is 19.4 Å². The molecule has 1 aromatic rings. The van der Waals surface area contributed by atoms with Crippen molar-refractivity contribution in [3.8, 4) is 0 Å². The minimum absolute atomic E-state index is 1.85. The molecule has 1 nitrogen and oxygen atoms in total. The summed E-state index contributed by atoms with van der Waals surface area (Å²) in [7, 11) is 0. The molecule has 1 heterocycles. The number of hydrogen-bond donors (Lipinski definition) is 0. The summed E-state index contributed by atoms with van der Waals surface area (Å²) in [6.07, 6.45) is 3.87. The van der Waals surface area contributed by atoms with Crippen LogP contribution in [0, 0.1) is 0 Å². The molecular formula is C4H4NPd. The molecule has 0 saturated carbocycles. The van der Waals surface area contributed by atoms with Gasteiger partial charge in [-0.1, -0.05) is 0 Å². The normalized spacial score (nSPS) is 9.00. The third kappa shape index (κ3) is 0.708. The SMILES string of the molecule is [Pd][n]1cccc1. The van der Waals surface area contributed by atoms with Crippen molar-refractivity contribution >= 4 is 0 Å². The summed E-state index contributed by atoms with van der Waals surface area (Å²) in [5.74, 6) is 0. The maximum atomic E-state index is 2.96. The summed E-state index contributed by atoms with van der Waals surface area (Å²) in [6.45, 7) is 0. The van der Waals surface area contributed by atoms with Crippen molar-refractivity contribution in [2.45, 2.75) is 0 Å². The predicted molar refractivity (Wildman–Crippen MR) is 19.8 cm³/mol. The first-order chi connectivity index (χ1) is 2.89. The van der Waals surface area contributed by atoms with Crippen LogP contribution < -0.4 is 0 Å². The van der Waals surface area contributed by atoms with E-state index in [1.54, 1.807) is 0 Å². The third-order valence-electron chi connectivity index (χ3n) is 0.550. The molecule has 1 rings (SSSR count). The van der Waals surface area contributed by atoms with E-state index in [0.717, 1.165) is 0 Å². The Kier molecular flexibility index (Phi) is 1.09. The fourth-order valence-electron chi connectivity index (χ4n) is 0.303. The van der Waals surface area contributed by atoms with E-state index in [-0.39, 0.29) is 0 Å². The zero-order chi connectivity index (χ0) is 4.41. The number of nitrogens with zero attached hydrogens (tertiary/aromatic N) is 1. The minimum atomic E-state index is 1.85. The monoisotopic (exact) mass is 172 g/mol. The van der Waals surface area contributed by atoms with Crippen molar-refractivity contribution in [1.82, 2.24) is 3.20 Å². The molecule has 0 amide bonds. The Bertz CT molecular complexity index is 111. The van der Waals surface area contributed by atoms with Crippen LogP contribution in [0.15, 0.2) is 24.5 Å². The van der Waals surface area contributed by atoms with E-state index in [1.165, 1.54) is 0 Å². The van der Waals surface area contributed by atoms with Crippen LogP contribution in [-0.4, -0.2) is 3.20 Å². The van der Waals surface area contributed by atoms with E-state index in [9.17, 15) is 0 Å². The zero-order valence-corrected chi connectivity index (χ0v) is 4.63. The first kappa shape index (κ1) is 4.11. The Morgan fingerprint density at radius 2 is 1.67 bits per heavy atom. The molecule has 35 valence electrons. The second-order valence-electron chi connectivity index (χ2n) is 0.995. The van der Waals surface area contributed by atoms with E-state index >= 15 is 0 Å². The Labute approximate surface area is 47.7 Å². The van der Waals surface area contributed by atoms with E-state index in [0.29, 0.717) is 0 Å². The van der Waals surface area contributed by atoms with Gasteiger partial charge in [0.25, 0.3) is 0 Å². The van der Waals surface area contributed by atoms with Gasteiger partial charge in [0, 0.05) is 0 Å². The summed E-state index contributed by atoms with van der Waals surface area (Å²) in [5, 5.41) is 0. The Morgan fingerprint density at radius 3 is 1.83 bits per heavy atom. The van der Waals surface area contributed by atoms with E-state index in [1.807, 2.05) is 27.7 Å². The summed E-state index contributed by atoms with van der Waals surface area (Å²) in [6, 6.07) is 3.92. The fraction of sp³-hybridized carbons (Fsp3) is 0. The molecule has 0 spiro atoms. The van der Waals surface area contributed by atoms with Crippen LogP contribution in [0.3, 0.4) is 0 Å². The fourth-order valence-corrected chi connectivity index (χ4v) is 0.570. The van der Waals surface area contributed by atoms with Crippen LogP contribution in [0.1, 0.15) is 0 Å². The van der Waals surface area contributed by atoms with Crippen molar-refractivity contribution in [2.24, 2.45) is 0 Å². The van der Waals surface area contributed by atoms with Crippen LogP contribution in [-0.2, 0) is 19.4 Å². The molecule has 0 atom stereocenters. The van der Waals surface area contributed by atoms with E-state index in [2.05, 4.69) is 19.4 Å². The van der Waals surface area contributed by atoms with Crippen LogP contribution >= 0.6 is 0 Å². The summed E-state index contributed by atoms with van der Waals surface area (Å²) in [4.78, 5) is 0. The second-order valence-corrected chi connectivity index (χ2v) is 1.80. The molecule has 2 heteroatoms. The molecule has 0 aromatic carbocycles. The van der Waals surface area contributed by atoms with Gasteiger partial charge in [0.1, 0.15) is 0 Å². The average molecular weight is 173 g/mol. The van der Waals surface area contributed by atoms with Gasteiger partial charge in [-0.25, -0.2) is 0 Å². The molecule has 1 aromatic heterocycles. The van der Waals surface area contributed by atoms with Crippen molar-refractivity contribution in [3.05, 3.63) is 24.5 Å². The molecule has 0 radical (unpaired) electrons. The Morgan fingerprint density at radius 1 is 1.17 bits per heavy atom. The number of aromatic nitrogens is 1. The second kappa shape index (κ2) is 1.59. The molecule has 0 N–H and O–H groups in total. The summed E-state index contributed by atoms with van der Waals surface area (Å²) >= 11 is 2.96. The van der Waals surface area contributed by atoms with Gasteiger partial charge in [0.2, 0.25) is 0 Å². The van der Waals surface area contributed by atoms with Gasteiger partial charge in [-0.2, -0.15) is 0 Å². The Balaban J connectivity index is 3.05. The molecule has 0 saturated heterocycles. The first-order valence-corrected chi connectivity index (χ1v) is 2.35. The van der Waals surface area contributed by atoms with Gasteiger partial charge >= 0.3 is 47.2 Å². The van der Waals surface area contributed by atoms with Gasteiger partial charge in [0.15, 0.2) is 0 Å². The van der Waals surface area contributed by atoms with E-state index < -0.39 is 0 Å². The van der Waals surface area contributed by atoms with Crippen LogP contribution in [0.25, 0.3) is 0 Å². The molecule has 0 aliphatic carbocycles. The summed E-state index contributed by atoms with van der Waals surface area (Å²) < 4.78 is 1.85. The van der Waals surface area contributed by atoms with Crippen molar-refractivity contribution in [1.29, 1.82) is 0 Å². The molecule has 0 aliphatic rings.